The Labute approximate surface area is 140 Å². The van der Waals surface area contributed by atoms with Crippen LogP contribution in [0.4, 0.5) is 5.69 Å². The fraction of sp³-hybridized carbons (Fsp3) is 0.353. The number of carbonyl (C=O) groups is 2. The molecule has 1 saturated heterocycles. The number of hydrogen-bond acceptors (Lipinski definition) is 4. The molecule has 1 fully saturated rings. The molecule has 2 amide bonds. The first-order valence-corrected chi connectivity index (χ1v) is 7.85. The molecule has 1 aromatic carbocycles. The standard InChI is InChI=1S/C17H20N4O3/c1-3-21-10-13(9-18-21)19-17(23)16-15(12-7-5-4-6-8-12)20(2)14(22)11-24-16/h4-10,15-16H,3,11H2,1-2H3,(H,19,23)/t15-,16-/m0/s1. The molecule has 0 radical (unpaired) electrons. The van der Waals surface area contributed by atoms with E-state index in [0.29, 0.717) is 5.69 Å². The number of morpholine rings is 1. The van der Waals surface area contributed by atoms with E-state index < -0.39 is 12.1 Å². The van der Waals surface area contributed by atoms with Gasteiger partial charge in [0.2, 0.25) is 5.91 Å². The van der Waals surface area contributed by atoms with Crippen LogP contribution in [0.15, 0.2) is 42.7 Å². The molecule has 3 rings (SSSR count). The van der Waals surface area contributed by atoms with Crippen molar-refractivity contribution in [2.24, 2.45) is 0 Å². The Morgan fingerprint density at radius 3 is 2.79 bits per heavy atom. The monoisotopic (exact) mass is 328 g/mol. The highest BCUT2D eigenvalue weighted by Gasteiger charge is 2.40. The Morgan fingerprint density at radius 2 is 2.12 bits per heavy atom. The quantitative estimate of drug-likeness (QED) is 0.921. The fourth-order valence-electron chi connectivity index (χ4n) is 2.79. The SMILES string of the molecule is CCn1cc(NC(=O)[C@H]2OCC(=O)N(C)[C@H]2c2ccccc2)cn1. The first-order chi connectivity index (χ1) is 11.6. The minimum Gasteiger partial charge on any atom is -0.356 e. The van der Waals surface area contributed by atoms with Gasteiger partial charge >= 0.3 is 0 Å². The topological polar surface area (TPSA) is 76.5 Å². The third-order valence-corrected chi connectivity index (χ3v) is 4.11. The Morgan fingerprint density at radius 1 is 1.38 bits per heavy atom. The van der Waals surface area contributed by atoms with Crippen molar-refractivity contribution in [3.63, 3.8) is 0 Å². The van der Waals surface area contributed by atoms with Crippen LogP contribution in [-0.4, -0.2) is 46.3 Å². The van der Waals surface area contributed by atoms with Gasteiger partial charge in [-0.05, 0) is 12.5 Å². The molecule has 7 nitrogen and oxygen atoms in total. The summed E-state index contributed by atoms with van der Waals surface area (Å²) in [7, 11) is 1.69. The third-order valence-electron chi connectivity index (χ3n) is 4.11. The molecular weight excluding hydrogens is 308 g/mol. The van der Waals surface area contributed by atoms with Gasteiger partial charge in [-0.2, -0.15) is 5.10 Å². The van der Waals surface area contributed by atoms with Crippen LogP contribution >= 0.6 is 0 Å². The minimum absolute atomic E-state index is 0.105. The van der Waals surface area contributed by atoms with Crippen LogP contribution in [0, 0.1) is 0 Å². The van der Waals surface area contributed by atoms with Gasteiger partial charge in [0.1, 0.15) is 6.61 Å². The molecule has 0 aliphatic carbocycles. The Hall–Kier alpha value is -2.67. The Balaban J connectivity index is 1.83. The lowest BCUT2D eigenvalue weighted by Gasteiger charge is -2.38. The second-order valence-electron chi connectivity index (χ2n) is 5.67. The Bertz CT molecular complexity index is 728. The molecule has 0 saturated carbocycles. The summed E-state index contributed by atoms with van der Waals surface area (Å²) in [6.07, 6.45) is 2.57. The molecule has 24 heavy (non-hydrogen) atoms. The zero-order valence-electron chi connectivity index (χ0n) is 13.7. The zero-order valence-corrected chi connectivity index (χ0v) is 13.7. The van der Waals surface area contributed by atoms with E-state index in [1.54, 1.807) is 29.0 Å². The maximum Gasteiger partial charge on any atom is 0.256 e. The molecule has 1 aliphatic heterocycles. The smallest absolute Gasteiger partial charge is 0.256 e. The second-order valence-corrected chi connectivity index (χ2v) is 5.67. The van der Waals surface area contributed by atoms with Gasteiger partial charge in [-0.1, -0.05) is 30.3 Å². The molecule has 2 aromatic rings. The van der Waals surface area contributed by atoms with Gasteiger partial charge in [0.25, 0.3) is 5.91 Å². The average Bonchev–Trinajstić information content (AvgIpc) is 3.05. The van der Waals surface area contributed by atoms with Crippen molar-refractivity contribution in [2.45, 2.75) is 25.6 Å². The van der Waals surface area contributed by atoms with E-state index >= 15 is 0 Å². The van der Waals surface area contributed by atoms with Gasteiger partial charge in [-0.25, -0.2) is 0 Å². The molecule has 0 spiro atoms. The van der Waals surface area contributed by atoms with Crippen LogP contribution in [0.3, 0.4) is 0 Å². The van der Waals surface area contributed by atoms with Gasteiger partial charge in [0, 0.05) is 19.8 Å². The number of carbonyl (C=O) groups excluding carboxylic acids is 2. The summed E-state index contributed by atoms with van der Waals surface area (Å²) in [5.41, 5.74) is 1.47. The lowest BCUT2D eigenvalue weighted by molar-refractivity contribution is -0.160. The van der Waals surface area contributed by atoms with Gasteiger partial charge in [0.05, 0.1) is 17.9 Å². The summed E-state index contributed by atoms with van der Waals surface area (Å²) < 4.78 is 7.29. The molecule has 1 aromatic heterocycles. The summed E-state index contributed by atoms with van der Waals surface area (Å²) >= 11 is 0. The predicted molar refractivity (Wildman–Crippen MR) is 88.2 cm³/mol. The lowest BCUT2D eigenvalue weighted by Crippen LogP contribution is -2.51. The number of benzene rings is 1. The highest BCUT2D eigenvalue weighted by molar-refractivity contribution is 5.96. The molecule has 0 bridgehead atoms. The van der Waals surface area contributed by atoms with E-state index in [9.17, 15) is 9.59 Å². The molecule has 0 unspecified atom stereocenters. The maximum atomic E-state index is 12.7. The predicted octanol–water partition coefficient (Wildman–Crippen LogP) is 1.44. The molecular formula is C17H20N4O3. The number of anilines is 1. The van der Waals surface area contributed by atoms with Crippen LogP contribution in [0.1, 0.15) is 18.5 Å². The van der Waals surface area contributed by atoms with Gasteiger partial charge in [-0.15, -0.1) is 0 Å². The van der Waals surface area contributed by atoms with E-state index in [4.69, 9.17) is 4.74 Å². The number of hydrogen-bond donors (Lipinski definition) is 1. The summed E-state index contributed by atoms with van der Waals surface area (Å²) in [5, 5.41) is 6.95. The summed E-state index contributed by atoms with van der Waals surface area (Å²) in [4.78, 5) is 26.3. The minimum atomic E-state index is -0.778. The Kier molecular flexibility index (Phi) is 4.61. The molecule has 2 atom stereocenters. The number of amides is 2. The number of nitrogens with one attached hydrogen (secondary N) is 1. The number of aromatic nitrogens is 2. The third kappa shape index (κ3) is 3.16. The van der Waals surface area contributed by atoms with Gasteiger partial charge < -0.3 is 15.0 Å². The molecule has 1 aliphatic rings. The van der Waals surface area contributed by atoms with E-state index in [1.165, 1.54) is 0 Å². The largest absolute Gasteiger partial charge is 0.356 e. The highest BCUT2D eigenvalue weighted by atomic mass is 16.5. The molecule has 126 valence electrons. The van der Waals surface area contributed by atoms with Crippen LogP contribution in [0.5, 0.6) is 0 Å². The first kappa shape index (κ1) is 16.2. The van der Waals surface area contributed by atoms with Crippen LogP contribution in [-0.2, 0) is 20.9 Å². The second kappa shape index (κ2) is 6.84. The fourth-order valence-corrected chi connectivity index (χ4v) is 2.79. The molecule has 7 heteroatoms. The van der Waals surface area contributed by atoms with Crippen molar-refractivity contribution >= 4 is 17.5 Å². The number of likely N-dealkylation sites (N-methyl/N-ethyl adjacent to an activating group) is 1. The maximum absolute atomic E-state index is 12.7. The number of nitrogens with zero attached hydrogens (tertiary/aromatic N) is 3. The van der Waals surface area contributed by atoms with Crippen molar-refractivity contribution < 1.29 is 14.3 Å². The van der Waals surface area contributed by atoms with Crippen LogP contribution in [0.25, 0.3) is 0 Å². The van der Waals surface area contributed by atoms with E-state index in [-0.39, 0.29) is 18.4 Å². The number of aryl methyl sites for hydroxylation is 1. The summed E-state index contributed by atoms with van der Waals surface area (Å²) in [6, 6.07) is 8.96. The van der Waals surface area contributed by atoms with Crippen LogP contribution < -0.4 is 5.32 Å². The average molecular weight is 328 g/mol. The van der Waals surface area contributed by atoms with Crippen LogP contribution in [0.2, 0.25) is 0 Å². The highest BCUT2D eigenvalue weighted by Crippen LogP contribution is 2.29. The van der Waals surface area contributed by atoms with E-state index in [1.807, 2.05) is 37.3 Å². The van der Waals surface area contributed by atoms with Crippen molar-refractivity contribution in [3.8, 4) is 0 Å². The van der Waals surface area contributed by atoms with Crippen molar-refractivity contribution in [2.75, 3.05) is 19.0 Å². The van der Waals surface area contributed by atoms with E-state index in [0.717, 1.165) is 12.1 Å². The molecule has 1 N–H and O–H groups in total. The van der Waals surface area contributed by atoms with Crippen molar-refractivity contribution in [1.29, 1.82) is 0 Å². The normalized spacial score (nSPS) is 20.9. The number of rotatable bonds is 4. The van der Waals surface area contributed by atoms with Gasteiger partial charge in [-0.3, -0.25) is 14.3 Å². The zero-order chi connectivity index (χ0) is 17.1. The summed E-state index contributed by atoms with van der Waals surface area (Å²) in [5.74, 6) is -0.439. The van der Waals surface area contributed by atoms with Crippen molar-refractivity contribution in [3.05, 3.63) is 48.3 Å². The van der Waals surface area contributed by atoms with E-state index in [2.05, 4.69) is 10.4 Å². The van der Waals surface area contributed by atoms with Gasteiger partial charge in [0.15, 0.2) is 6.10 Å². The molecule has 2 heterocycles. The first-order valence-electron chi connectivity index (χ1n) is 7.85. The summed E-state index contributed by atoms with van der Waals surface area (Å²) in [6.45, 7) is 2.58. The van der Waals surface area contributed by atoms with Crippen molar-refractivity contribution in [1.82, 2.24) is 14.7 Å². The lowest BCUT2D eigenvalue weighted by atomic mass is 9.97. The number of ether oxygens (including phenoxy) is 1.